The highest BCUT2D eigenvalue weighted by Gasteiger charge is 2.09. The summed E-state index contributed by atoms with van der Waals surface area (Å²) in [5, 5.41) is 13.1. The highest BCUT2D eigenvalue weighted by Crippen LogP contribution is 2.26. The van der Waals surface area contributed by atoms with Gasteiger partial charge in [-0.1, -0.05) is 35.3 Å². The molecule has 0 heterocycles. The largest absolute Gasteiger partial charge is 0.508 e. The van der Waals surface area contributed by atoms with Gasteiger partial charge in [-0.3, -0.25) is 4.79 Å². The van der Waals surface area contributed by atoms with E-state index in [1.807, 2.05) is 0 Å². The molecular formula is C20H15Cl2NO3. The molecule has 1 amide bonds. The molecule has 0 aliphatic carbocycles. The van der Waals surface area contributed by atoms with Crippen molar-refractivity contribution in [2.75, 3.05) is 5.32 Å². The van der Waals surface area contributed by atoms with Crippen LogP contribution in [0, 0.1) is 0 Å². The van der Waals surface area contributed by atoms with Crippen LogP contribution in [0.1, 0.15) is 15.9 Å². The van der Waals surface area contributed by atoms with E-state index in [1.54, 1.807) is 54.6 Å². The van der Waals surface area contributed by atoms with Gasteiger partial charge in [0.1, 0.15) is 18.1 Å². The van der Waals surface area contributed by atoms with Gasteiger partial charge < -0.3 is 15.2 Å². The van der Waals surface area contributed by atoms with E-state index in [1.165, 1.54) is 12.1 Å². The van der Waals surface area contributed by atoms with Crippen LogP contribution in [0.3, 0.4) is 0 Å². The Morgan fingerprint density at radius 3 is 2.31 bits per heavy atom. The number of benzene rings is 3. The van der Waals surface area contributed by atoms with Crippen molar-refractivity contribution in [1.82, 2.24) is 0 Å². The molecule has 0 radical (unpaired) electrons. The zero-order valence-corrected chi connectivity index (χ0v) is 15.1. The fraction of sp³-hybridized carbons (Fsp3) is 0.0500. The molecular weight excluding hydrogens is 373 g/mol. The summed E-state index contributed by atoms with van der Waals surface area (Å²) in [6, 6.07) is 18.3. The molecule has 0 aliphatic rings. The number of rotatable bonds is 5. The van der Waals surface area contributed by atoms with E-state index < -0.39 is 0 Å². The number of halogens is 2. The minimum absolute atomic E-state index is 0.136. The Kier molecular flexibility index (Phi) is 5.66. The molecule has 0 spiro atoms. The van der Waals surface area contributed by atoms with Crippen molar-refractivity contribution in [2.45, 2.75) is 6.61 Å². The second-order valence-electron chi connectivity index (χ2n) is 5.52. The van der Waals surface area contributed by atoms with Gasteiger partial charge in [-0.05, 0) is 54.6 Å². The molecule has 2 N–H and O–H groups in total. The maximum absolute atomic E-state index is 12.4. The molecule has 0 bridgehead atoms. The lowest BCUT2D eigenvalue weighted by atomic mass is 10.2. The van der Waals surface area contributed by atoms with Gasteiger partial charge in [-0.15, -0.1) is 0 Å². The molecule has 0 saturated heterocycles. The van der Waals surface area contributed by atoms with E-state index in [9.17, 15) is 9.90 Å². The van der Waals surface area contributed by atoms with E-state index in [0.717, 1.165) is 0 Å². The van der Waals surface area contributed by atoms with Crippen LogP contribution in [0.4, 0.5) is 5.69 Å². The molecule has 0 aliphatic heterocycles. The summed E-state index contributed by atoms with van der Waals surface area (Å²) < 4.78 is 5.73. The zero-order chi connectivity index (χ0) is 18.5. The molecule has 26 heavy (non-hydrogen) atoms. The minimum Gasteiger partial charge on any atom is -0.508 e. The average Bonchev–Trinajstić information content (AvgIpc) is 2.63. The first-order valence-corrected chi connectivity index (χ1v) is 8.54. The minimum atomic E-state index is -0.281. The fourth-order valence-electron chi connectivity index (χ4n) is 2.30. The van der Waals surface area contributed by atoms with Crippen molar-refractivity contribution in [3.05, 3.63) is 87.9 Å². The Hall–Kier alpha value is -2.69. The predicted octanol–water partition coefficient (Wildman–Crippen LogP) is 5.53. The van der Waals surface area contributed by atoms with Gasteiger partial charge in [0, 0.05) is 26.9 Å². The van der Waals surface area contributed by atoms with Gasteiger partial charge in [0.25, 0.3) is 5.91 Å². The standard InChI is InChI=1S/C20H15Cl2NO3/c21-18-5-2-6-19(22)17(18)12-26-16-4-1-3-13(11-16)20(25)23-14-7-9-15(24)10-8-14/h1-11,24H,12H2,(H,23,25). The van der Waals surface area contributed by atoms with E-state index in [-0.39, 0.29) is 18.3 Å². The van der Waals surface area contributed by atoms with Crippen molar-refractivity contribution in [2.24, 2.45) is 0 Å². The molecule has 0 fully saturated rings. The molecule has 132 valence electrons. The van der Waals surface area contributed by atoms with Crippen molar-refractivity contribution in [1.29, 1.82) is 0 Å². The third-order valence-electron chi connectivity index (χ3n) is 3.67. The van der Waals surface area contributed by atoms with Crippen molar-refractivity contribution >= 4 is 34.8 Å². The summed E-state index contributed by atoms with van der Waals surface area (Å²) in [7, 11) is 0. The van der Waals surface area contributed by atoms with Gasteiger partial charge in [0.15, 0.2) is 0 Å². The monoisotopic (exact) mass is 387 g/mol. The average molecular weight is 388 g/mol. The quantitative estimate of drug-likeness (QED) is 0.565. The highest BCUT2D eigenvalue weighted by molar-refractivity contribution is 6.35. The van der Waals surface area contributed by atoms with Crippen LogP contribution in [0.5, 0.6) is 11.5 Å². The Morgan fingerprint density at radius 2 is 1.62 bits per heavy atom. The highest BCUT2D eigenvalue weighted by atomic mass is 35.5. The Morgan fingerprint density at radius 1 is 0.962 bits per heavy atom. The first kappa shape index (κ1) is 18.1. The van der Waals surface area contributed by atoms with Gasteiger partial charge in [-0.2, -0.15) is 0 Å². The molecule has 4 nitrogen and oxygen atoms in total. The number of hydrogen-bond acceptors (Lipinski definition) is 3. The molecule has 3 aromatic rings. The lowest BCUT2D eigenvalue weighted by molar-refractivity contribution is 0.102. The molecule has 0 saturated carbocycles. The number of amides is 1. The van der Waals surface area contributed by atoms with E-state index in [0.29, 0.717) is 32.6 Å². The smallest absolute Gasteiger partial charge is 0.255 e. The zero-order valence-electron chi connectivity index (χ0n) is 13.6. The second-order valence-corrected chi connectivity index (χ2v) is 6.33. The molecule has 3 rings (SSSR count). The summed E-state index contributed by atoms with van der Waals surface area (Å²) in [4.78, 5) is 12.4. The van der Waals surface area contributed by atoms with Crippen LogP contribution in [-0.4, -0.2) is 11.0 Å². The number of carbonyl (C=O) groups is 1. The maximum Gasteiger partial charge on any atom is 0.255 e. The normalized spacial score (nSPS) is 10.4. The number of anilines is 1. The Labute approximate surface area is 161 Å². The Bertz CT molecular complexity index is 906. The van der Waals surface area contributed by atoms with Crippen LogP contribution in [0.25, 0.3) is 0 Å². The van der Waals surface area contributed by atoms with Gasteiger partial charge in [-0.25, -0.2) is 0 Å². The topological polar surface area (TPSA) is 58.6 Å². The number of phenols is 1. The van der Waals surface area contributed by atoms with E-state index in [4.69, 9.17) is 27.9 Å². The van der Waals surface area contributed by atoms with Gasteiger partial charge >= 0.3 is 0 Å². The molecule has 0 atom stereocenters. The van der Waals surface area contributed by atoms with Gasteiger partial charge in [0.2, 0.25) is 0 Å². The van der Waals surface area contributed by atoms with Crippen LogP contribution >= 0.6 is 23.2 Å². The Balaban J connectivity index is 1.69. The number of ether oxygens (including phenoxy) is 1. The van der Waals surface area contributed by atoms with E-state index in [2.05, 4.69) is 5.32 Å². The molecule has 6 heteroatoms. The third kappa shape index (κ3) is 4.48. The van der Waals surface area contributed by atoms with Crippen LogP contribution in [0.15, 0.2) is 66.7 Å². The number of nitrogens with one attached hydrogen (secondary N) is 1. The summed E-state index contributed by atoms with van der Waals surface area (Å²) >= 11 is 12.3. The van der Waals surface area contributed by atoms with Crippen molar-refractivity contribution in [3.8, 4) is 11.5 Å². The second kappa shape index (κ2) is 8.13. The van der Waals surface area contributed by atoms with Crippen LogP contribution in [0.2, 0.25) is 10.0 Å². The lowest BCUT2D eigenvalue weighted by Crippen LogP contribution is -2.11. The molecule has 0 unspecified atom stereocenters. The third-order valence-corrected chi connectivity index (χ3v) is 4.37. The van der Waals surface area contributed by atoms with E-state index >= 15 is 0 Å². The number of carbonyl (C=O) groups excluding carboxylic acids is 1. The number of phenolic OH excluding ortho intramolecular Hbond substituents is 1. The van der Waals surface area contributed by atoms with Crippen LogP contribution in [-0.2, 0) is 6.61 Å². The fourth-order valence-corrected chi connectivity index (χ4v) is 2.81. The predicted molar refractivity (Wildman–Crippen MR) is 103 cm³/mol. The summed E-state index contributed by atoms with van der Waals surface area (Å²) in [6.45, 7) is 0.196. The molecule has 0 aromatic heterocycles. The summed E-state index contributed by atoms with van der Waals surface area (Å²) in [5.41, 5.74) is 1.72. The lowest BCUT2D eigenvalue weighted by Gasteiger charge is -2.11. The number of aromatic hydroxyl groups is 1. The SMILES string of the molecule is O=C(Nc1ccc(O)cc1)c1cccc(OCc2c(Cl)cccc2Cl)c1. The van der Waals surface area contributed by atoms with Crippen LogP contribution < -0.4 is 10.1 Å². The first-order chi connectivity index (χ1) is 12.5. The van der Waals surface area contributed by atoms with Crippen molar-refractivity contribution < 1.29 is 14.6 Å². The molecule has 3 aromatic carbocycles. The van der Waals surface area contributed by atoms with Crippen molar-refractivity contribution in [3.63, 3.8) is 0 Å². The maximum atomic E-state index is 12.4. The summed E-state index contributed by atoms with van der Waals surface area (Å²) in [5.74, 6) is 0.382. The summed E-state index contributed by atoms with van der Waals surface area (Å²) in [6.07, 6.45) is 0. The first-order valence-electron chi connectivity index (χ1n) is 7.79. The van der Waals surface area contributed by atoms with Gasteiger partial charge in [0.05, 0.1) is 0 Å². The number of hydrogen-bond donors (Lipinski definition) is 2.